The molecule has 4 rings (SSSR count). The molecule has 2 amide bonds. The van der Waals surface area contributed by atoms with Gasteiger partial charge in [0.15, 0.2) is 6.61 Å². The molecule has 0 aliphatic heterocycles. The SMILES string of the molecule is O=C(O)COc1ccc(N(CC2CC2)C2CCCCC2)c(NC(=O)Nc2cc(F)ccc2F)c1. The van der Waals surface area contributed by atoms with Gasteiger partial charge >= 0.3 is 12.0 Å². The highest BCUT2D eigenvalue weighted by Gasteiger charge is 2.30. The lowest BCUT2D eigenvalue weighted by Gasteiger charge is -2.37. The number of aliphatic carboxylic acids is 1. The fraction of sp³-hybridized carbons (Fsp3) is 0.440. The number of carboxylic acid groups (broad SMARTS) is 1. The number of carbonyl (C=O) groups excluding carboxylic acids is 1. The Morgan fingerprint density at radius 1 is 0.971 bits per heavy atom. The van der Waals surface area contributed by atoms with E-state index in [-0.39, 0.29) is 11.4 Å². The van der Waals surface area contributed by atoms with Gasteiger partial charge in [-0.15, -0.1) is 0 Å². The fourth-order valence-electron chi connectivity index (χ4n) is 4.39. The Balaban J connectivity index is 1.61. The first kappa shape index (κ1) is 23.8. The molecule has 34 heavy (non-hydrogen) atoms. The zero-order valence-electron chi connectivity index (χ0n) is 18.9. The number of nitrogens with one attached hydrogen (secondary N) is 2. The second-order valence-corrected chi connectivity index (χ2v) is 8.95. The Kier molecular flexibility index (Phi) is 7.49. The van der Waals surface area contributed by atoms with Crippen molar-refractivity contribution in [2.24, 2.45) is 5.92 Å². The highest BCUT2D eigenvalue weighted by Crippen LogP contribution is 2.39. The largest absolute Gasteiger partial charge is 0.482 e. The lowest BCUT2D eigenvalue weighted by Crippen LogP contribution is -2.39. The highest BCUT2D eigenvalue weighted by molar-refractivity contribution is 6.02. The van der Waals surface area contributed by atoms with E-state index >= 15 is 0 Å². The zero-order chi connectivity index (χ0) is 24.1. The molecule has 0 bridgehead atoms. The van der Waals surface area contributed by atoms with Gasteiger partial charge in [-0.1, -0.05) is 19.3 Å². The molecule has 0 radical (unpaired) electrons. The molecule has 0 atom stereocenters. The number of benzene rings is 2. The quantitative estimate of drug-likeness (QED) is 0.440. The number of anilines is 3. The second kappa shape index (κ2) is 10.7. The maximum absolute atomic E-state index is 14.0. The van der Waals surface area contributed by atoms with Crippen molar-refractivity contribution in [2.45, 2.75) is 51.0 Å². The Labute approximate surface area is 197 Å². The van der Waals surface area contributed by atoms with Crippen LogP contribution in [0, 0.1) is 17.6 Å². The maximum Gasteiger partial charge on any atom is 0.341 e. The number of carbonyl (C=O) groups is 2. The summed E-state index contributed by atoms with van der Waals surface area (Å²) in [6, 6.07) is 7.51. The molecular formula is C25H29F2N3O4. The molecule has 2 aromatic carbocycles. The molecule has 2 fully saturated rings. The van der Waals surface area contributed by atoms with E-state index in [2.05, 4.69) is 15.5 Å². The molecule has 0 unspecified atom stereocenters. The summed E-state index contributed by atoms with van der Waals surface area (Å²) in [4.78, 5) is 26.0. The highest BCUT2D eigenvalue weighted by atomic mass is 19.1. The molecule has 9 heteroatoms. The first-order valence-corrected chi connectivity index (χ1v) is 11.7. The molecule has 182 valence electrons. The minimum absolute atomic E-state index is 0.278. The van der Waals surface area contributed by atoms with Gasteiger partial charge in [0.1, 0.15) is 17.4 Å². The third-order valence-corrected chi connectivity index (χ3v) is 6.23. The summed E-state index contributed by atoms with van der Waals surface area (Å²) in [7, 11) is 0. The van der Waals surface area contributed by atoms with E-state index in [0.717, 1.165) is 56.1 Å². The summed E-state index contributed by atoms with van der Waals surface area (Å²) in [5.41, 5.74) is 0.944. The molecule has 2 saturated carbocycles. The molecule has 2 aliphatic rings. The summed E-state index contributed by atoms with van der Waals surface area (Å²) in [6.45, 7) is 0.350. The van der Waals surface area contributed by atoms with Crippen LogP contribution in [0.2, 0.25) is 0 Å². The van der Waals surface area contributed by atoms with Gasteiger partial charge in [0, 0.05) is 24.7 Å². The van der Waals surface area contributed by atoms with Gasteiger partial charge in [0.2, 0.25) is 0 Å². The number of nitrogens with zero attached hydrogens (tertiary/aromatic N) is 1. The number of hydrogen-bond donors (Lipinski definition) is 3. The van der Waals surface area contributed by atoms with E-state index in [0.29, 0.717) is 17.6 Å². The van der Waals surface area contributed by atoms with E-state index in [1.807, 2.05) is 6.07 Å². The van der Waals surface area contributed by atoms with Crippen molar-refractivity contribution in [3.8, 4) is 5.75 Å². The van der Waals surface area contributed by atoms with Gasteiger partial charge in [-0.3, -0.25) is 0 Å². The number of hydrogen-bond acceptors (Lipinski definition) is 4. The zero-order valence-corrected chi connectivity index (χ0v) is 18.9. The van der Waals surface area contributed by atoms with Crippen LogP contribution in [0.5, 0.6) is 5.75 Å². The number of ether oxygens (including phenoxy) is 1. The molecule has 2 aromatic rings. The van der Waals surface area contributed by atoms with Crippen molar-refractivity contribution in [1.82, 2.24) is 0 Å². The minimum Gasteiger partial charge on any atom is -0.482 e. The van der Waals surface area contributed by atoms with Crippen LogP contribution >= 0.6 is 0 Å². The van der Waals surface area contributed by atoms with E-state index in [1.165, 1.54) is 19.3 Å². The van der Waals surface area contributed by atoms with Crippen LogP contribution < -0.4 is 20.3 Å². The Morgan fingerprint density at radius 3 is 2.41 bits per heavy atom. The number of carboxylic acids is 1. The Hall–Kier alpha value is -3.36. The second-order valence-electron chi connectivity index (χ2n) is 8.95. The topological polar surface area (TPSA) is 90.9 Å². The number of rotatable bonds is 9. The average Bonchev–Trinajstić information content (AvgIpc) is 3.64. The van der Waals surface area contributed by atoms with Gasteiger partial charge in [0.25, 0.3) is 0 Å². The van der Waals surface area contributed by atoms with Gasteiger partial charge in [-0.2, -0.15) is 0 Å². The number of amides is 2. The van der Waals surface area contributed by atoms with Crippen LogP contribution in [0.3, 0.4) is 0 Å². The standard InChI is InChI=1S/C25H29F2N3O4/c26-17-8-10-20(27)21(12-17)28-25(33)29-22-13-19(34-15-24(31)32)9-11-23(22)30(14-16-6-7-16)18-4-2-1-3-5-18/h8-13,16,18H,1-7,14-15H2,(H,31,32)(H2,28,29,33). The molecule has 0 aromatic heterocycles. The smallest absolute Gasteiger partial charge is 0.341 e. The van der Waals surface area contributed by atoms with E-state index < -0.39 is 30.2 Å². The van der Waals surface area contributed by atoms with Crippen molar-refractivity contribution < 1.29 is 28.2 Å². The number of halogens is 2. The van der Waals surface area contributed by atoms with Crippen molar-refractivity contribution >= 4 is 29.1 Å². The monoisotopic (exact) mass is 473 g/mol. The summed E-state index contributed by atoms with van der Waals surface area (Å²) in [5, 5.41) is 14.0. The third-order valence-electron chi connectivity index (χ3n) is 6.23. The molecule has 0 spiro atoms. The molecule has 7 nitrogen and oxygen atoms in total. The average molecular weight is 474 g/mol. The predicted octanol–water partition coefficient (Wildman–Crippen LogP) is 5.62. The first-order valence-electron chi connectivity index (χ1n) is 11.7. The lowest BCUT2D eigenvalue weighted by atomic mass is 9.93. The van der Waals surface area contributed by atoms with Crippen molar-refractivity contribution in [3.63, 3.8) is 0 Å². The van der Waals surface area contributed by atoms with Crippen LogP contribution in [0.15, 0.2) is 36.4 Å². The third kappa shape index (κ3) is 6.36. The molecule has 2 aliphatic carbocycles. The van der Waals surface area contributed by atoms with E-state index in [4.69, 9.17) is 9.84 Å². The summed E-state index contributed by atoms with van der Waals surface area (Å²) >= 11 is 0. The van der Waals surface area contributed by atoms with E-state index in [1.54, 1.807) is 12.1 Å². The first-order chi connectivity index (χ1) is 16.4. The maximum atomic E-state index is 14.0. The van der Waals surface area contributed by atoms with Crippen molar-refractivity contribution in [2.75, 3.05) is 28.7 Å². The molecule has 0 saturated heterocycles. The van der Waals surface area contributed by atoms with Gasteiger partial charge in [-0.05, 0) is 55.9 Å². The molecule has 3 N–H and O–H groups in total. The van der Waals surface area contributed by atoms with Crippen LogP contribution in [0.1, 0.15) is 44.9 Å². The van der Waals surface area contributed by atoms with Gasteiger partial charge < -0.3 is 25.4 Å². The molecular weight excluding hydrogens is 444 g/mol. The number of urea groups is 1. The fourth-order valence-corrected chi connectivity index (χ4v) is 4.39. The Bertz CT molecular complexity index is 1040. The van der Waals surface area contributed by atoms with Crippen LogP contribution in [-0.4, -0.2) is 36.3 Å². The van der Waals surface area contributed by atoms with E-state index in [9.17, 15) is 18.4 Å². The normalized spacial score (nSPS) is 16.1. The Morgan fingerprint density at radius 2 is 1.71 bits per heavy atom. The summed E-state index contributed by atoms with van der Waals surface area (Å²) in [6.07, 6.45) is 7.97. The van der Waals surface area contributed by atoms with Gasteiger partial charge in [0.05, 0.1) is 17.1 Å². The lowest BCUT2D eigenvalue weighted by molar-refractivity contribution is -0.139. The van der Waals surface area contributed by atoms with Crippen molar-refractivity contribution in [1.29, 1.82) is 0 Å². The van der Waals surface area contributed by atoms with Crippen LogP contribution in [-0.2, 0) is 4.79 Å². The van der Waals surface area contributed by atoms with Crippen LogP contribution in [0.4, 0.5) is 30.6 Å². The minimum atomic E-state index is -1.12. The van der Waals surface area contributed by atoms with Crippen LogP contribution in [0.25, 0.3) is 0 Å². The van der Waals surface area contributed by atoms with Crippen molar-refractivity contribution in [3.05, 3.63) is 48.0 Å². The van der Waals surface area contributed by atoms with Gasteiger partial charge in [-0.25, -0.2) is 18.4 Å². The predicted molar refractivity (Wildman–Crippen MR) is 126 cm³/mol. The summed E-state index contributed by atoms with van der Waals surface area (Å²) < 4.78 is 32.9. The summed E-state index contributed by atoms with van der Waals surface area (Å²) in [5.74, 6) is -1.65. The molecule has 0 heterocycles.